The summed E-state index contributed by atoms with van der Waals surface area (Å²) in [7, 11) is 0. The largest absolute Gasteiger partial charge is 0.480 e. The number of fused-ring (bicyclic) bond motifs is 3. The van der Waals surface area contributed by atoms with Crippen molar-refractivity contribution in [2.24, 2.45) is 0 Å². The average molecular weight is 437 g/mol. The third-order valence-electron chi connectivity index (χ3n) is 6.46. The number of carbonyl (C=O) groups is 3. The summed E-state index contributed by atoms with van der Waals surface area (Å²) in [6.07, 6.45) is 2.83. The predicted molar refractivity (Wildman–Crippen MR) is 119 cm³/mol. The topological polar surface area (TPSA) is 105 Å². The second-order valence-electron chi connectivity index (χ2n) is 8.50. The van der Waals surface area contributed by atoms with Gasteiger partial charge in [0.05, 0.1) is 0 Å². The van der Waals surface area contributed by atoms with Crippen LogP contribution >= 0.6 is 0 Å². The molecule has 7 heteroatoms. The van der Waals surface area contributed by atoms with Crippen LogP contribution in [0.2, 0.25) is 0 Å². The molecule has 0 spiro atoms. The molecular weight excluding hydrogens is 408 g/mol. The van der Waals surface area contributed by atoms with E-state index in [0.29, 0.717) is 12.8 Å². The maximum atomic E-state index is 12.3. The number of carboxylic acids is 1. The van der Waals surface area contributed by atoms with E-state index in [1.807, 2.05) is 24.3 Å². The Labute approximate surface area is 187 Å². The quantitative estimate of drug-likeness (QED) is 0.612. The van der Waals surface area contributed by atoms with Gasteiger partial charge in [-0.15, -0.1) is 0 Å². The highest BCUT2D eigenvalue weighted by atomic mass is 16.5. The highest BCUT2D eigenvalue weighted by molar-refractivity contribution is 5.87. The van der Waals surface area contributed by atoms with E-state index in [4.69, 9.17) is 4.74 Å². The Morgan fingerprint density at radius 2 is 1.53 bits per heavy atom. The van der Waals surface area contributed by atoms with E-state index < -0.39 is 17.6 Å². The van der Waals surface area contributed by atoms with E-state index in [2.05, 4.69) is 34.9 Å². The lowest BCUT2D eigenvalue weighted by atomic mass is 9.81. The number of alkyl carbamates (subject to hydrolysis) is 1. The lowest BCUT2D eigenvalue weighted by Crippen LogP contribution is -2.55. The highest BCUT2D eigenvalue weighted by Gasteiger charge is 2.40. The van der Waals surface area contributed by atoms with Crippen LogP contribution in [0, 0.1) is 0 Å². The monoisotopic (exact) mass is 436 g/mol. The van der Waals surface area contributed by atoms with Crippen LogP contribution in [-0.2, 0) is 14.3 Å². The van der Waals surface area contributed by atoms with Crippen LogP contribution in [0.4, 0.5) is 4.79 Å². The van der Waals surface area contributed by atoms with Crippen molar-refractivity contribution in [3.8, 4) is 11.1 Å². The van der Waals surface area contributed by atoms with Crippen molar-refractivity contribution in [2.75, 3.05) is 13.2 Å². The van der Waals surface area contributed by atoms with Crippen molar-refractivity contribution in [3.05, 3.63) is 59.7 Å². The zero-order valence-corrected chi connectivity index (χ0v) is 17.9. The zero-order chi connectivity index (χ0) is 22.6. The van der Waals surface area contributed by atoms with Crippen molar-refractivity contribution in [3.63, 3.8) is 0 Å². The molecule has 2 aliphatic rings. The molecule has 4 rings (SSSR count). The molecule has 0 aromatic heterocycles. The summed E-state index contributed by atoms with van der Waals surface area (Å²) in [6.45, 7) is 0.284. The smallest absolute Gasteiger partial charge is 0.407 e. The van der Waals surface area contributed by atoms with E-state index in [1.54, 1.807) is 0 Å². The number of rotatable bonds is 7. The molecule has 1 fully saturated rings. The molecule has 2 amide bonds. The lowest BCUT2D eigenvalue weighted by Gasteiger charge is -2.34. The van der Waals surface area contributed by atoms with Gasteiger partial charge in [-0.05, 0) is 35.1 Å². The number of nitrogens with one attached hydrogen (secondary N) is 2. The van der Waals surface area contributed by atoms with Crippen LogP contribution in [-0.4, -0.2) is 41.8 Å². The number of benzene rings is 2. The summed E-state index contributed by atoms with van der Waals surface area (Å²) in [6, 6.07) is 16.2. The first-order valence-electron chi connectivity index (χ1n) is 11.1. The van der Waals surface area contributed by atoms with Crippen molar-refractivity contribution in [2.45, 2.75) is 50.0 Å². The van der Waals surface area contributed by atoms with E-state index in [0.717, 1.165) is 41.5 Å². The summed E-state index contributed by atoms with van der Waals surface area (Å²) in [5.74, 6) is -1.40. The summed E-state index contributed by atoms with van der Waals surface area (Å²) in [5, 5.41) is 14.8. The van der Waals surface area contributed by atoms with Crippen molar-refractivity contribution >= 4 is 18.0 Å². The molecule has 32 heavy (non-hydrogen) atoms. The van der Waals surface area contributed by atoms with Gasteiger partial charge in [0.2, 0.25) is 5.91 Å². The standard InChI is InChI=1S/C25H28N2O5/c28-22(27-25(23(29)30)13-6-1-7-14-25)12-15-26-24(31)32-16-21-19-10-4-2-8-17(19)18-9-3-5-11-20(18)21/h2-5,8-11,21H,1,6-7,12-16H2,(H,26,31)(H,27,28)(H,29,30). The molecule has 2 aliphatic carbocycles. The summed E-state index contributed by atoms with van der Waals surface area (Å²) >= 11 is 0. The summed E-state index contributed by atoms with van der Waals surface area (Å²) < 4.78 is 5.45. The van der Waals surface area contributed by atoms with Crippen LogP contribution in [0.25, 0.3) is 11.1 Å². The Hall–Kier alpha value is -3.35. The van der Waals surface area contributed by atoms with Crippen LogP contribution < -0.4 is 10.6 Å². The van der Waals surface area contributed by atoms with E-state index in [9.17, 15) is 19.5 Å². The number of hydrogen-bond acceptors (Lipinski definition) is 4. The first-order valence-corrected chi connectivity index (χ1v) is 11.1. The third-order valence-corrected chi connectivity index (χ3v) is 6.46. The molecule has 2 aromatic carbocycles. The van der Waals surface area contributed by atoms with Crippen LogP contribution in [0.3, 0.4) is 0 Å². The molecule has 1 saturated carbocycles. The number of carbonyl (C=O) groups excluding carboxylic acids is 2. The Morgan fingerprint density at radius 1 is 0.938 bits per heavy atom. The van der Waals surface area contributed by atoms with E-state index >= 15 is 0 Å². The molecule has 0 unspecified atom stereocenters. The van der Waals surface area contributed by atoms with Gasteiger partial charge in [-0.1, -0.05) is 67.8 Å². The predicted octanol–water partition coefficient (Wildman–Crippen LogP) is 3.82. The van der Waals surface area contributed by atoms with Gasteiger partial charge in [-0.2, -0.15) is 0 Å². The van der Waals surface area contributed by atoms with Gasteiger partial charge in [-0.3, -0.25) is 4.79 Å². The van der Waals surface area contributed by atoms with Gasteiger partial charge < -0.3 is 20.5 Å². The zero-order valence-electron chi connectivity index (χ0n) is 17.9. The Balaban J connectivity index is 1.26. The average Bonchev–Trinajstić information content (AvgIpc) is 3.12. The number of aliphatic carboxylic acids is 1. The molecule has 168 valence electrons. The van der Waals surface area contributed by atoms with Crippen LogP contribution in [0.5, 0.6) is 0 Å². The molecule has 0 aliphatic heterocycles. The molecule has 0 radical (unpaired) electrons. The first-order chi connectivity index (χ1) is 15.5. The minimum Gasteiger partial charge on any atom is -0.480 e. The SMILES string of the molecule is O=C(CCNC(=O)OCC1c2ccccc2-c2ccccc21)NC1(C(=O)O)CCCCC1. The van der Waals surface area contributed by atoms with Crippen LogP contribution in [0.1, 0.15) is 55.6 Å². The minimum atomic E-state index is -1.18. The van der Waals surface area contributed by atoms with Crippen molar-refractivity contribution < 1.29 is 24.2 Å². The van der Waals surface area contributed by atoms with Gasteiger partial charge in [0.25, 0.3) is 0 Å². The summed E-state index contributed by atoms with van der Waals surface area (Å²) in [5.41, 5.74) is 3.39. The molecule has 7 nitrogen and oxygen atoms in total. The maximum Gasteiger partial charge on any atom is 0.407 e. The molecule has 3 N–H and O–H groups in total. The Bertz CT molecular complexity index is 967. The van der Waals surface area contributed by atoms with Crippen molar-refractivity contribution in [1.82, 2.24) is 10.6 Å². The lowest BCUT2D eigenvalue weighted by molar-refractivity contribution is -0.149. The summed E-state index contributed by atoms with van der Waals surface area (Å²) in [4.78, 5) is 36.2. The van der Waals surface area contributed by atoms with Gasteiger partial charge in [0.15, 0.2) is 0 Å². The second kappa shape index (κ2) is 9.42. The molecule has 0 bridgehead atoms. The van der Waals surface area contributed by atoms with Gasteiger partial charge in [0, 0.05) is 18.9 Å². The van der Waals surface area contributed by atoms with E-state index in [-0.39, 0.29) is 31.4 Å². The van der Waals surface area contributed by atoms with Gasteiger partial charge in [-0.25, -0.2) is 9.59 Å². The Morgan fingerprint density at radius 3 is 2.12 bits per heavy atom. The normalized spacial score (nSPS) is 16.5. The number of amides is 2. The molecule has 0 atom stereocenters. The van der Waals surface area contributed by atoms with Gasteiger partial charge in [0.1, 0.15) is 12.1 Å². The number of carboxylic acid groups (broad SMARTS) is 1. The second-order valence-corrected chi connectivity index (χ2v) is 8.50. The molecular formula is C25H28N2O5. The minimum absolute atomic E-state index is 0.000768. The fraction of sp³-hybridized carbons (Fsp3) is 0.400. The fourth-order valence-electron chi connectivity index (χ4n) is 4.80. The van der Waals surface area contributed by atoms with Gasteiger partial charge >= 0.3 is 12.1 Å². The highest BCUT2D eigenvalue weighted by Crippen LogP contribution is 2.44. The third kappa shape index (κ3) is 4.47. The molecule has 0 heterocycles. The number of ether oxygens (including phenoxy) is 1. The molecule has 0 saturated heterocycles. The fourth-order valence-corrected chi connectivity index (χ4v) is 4.80. The van der Waals surface area contributed by atoms with E-state index in [1.165, 1.54) is 0 Å². The van der Waals surface area contributed by atoms with Crippen molar-refractivity contribution in [1.29, 1.82) is 0 Å². The first kappa shape index (κ1) is 21.9. The maximum absolute atomic E-state index is 12.3. The van der Waals surface area contributed by atoms with Crippen LogP contribution in [0.15, 0.2) is 48.5 Å². The Kier molecular flexibility index (Phi) is 6.44. The number of hydrogen-bond donors (Lipinski definition) is 3. The molecule has 2 aromatic rings.